The number of ether oxygens (including phenoxy) is 1. The number of anilines is 1. The molecule has 3 aliphatic rings. The molecule has 0 spiro atoms. The molecule has 1 N–H and O–H groups in total. The number of nitrogens with zero attached hydrogens (tertiary/aromatic N) is 1. The van der Waals surface area contributed by atoms with E-state index in [4.69, 9.17) is 39.5 Å². The number of hydrogen-bond acceptors (Lipinski definition) is 5. The predicted molar refractivity (Wildman–Crippen MR) is 113 cm³/mol. The monoisotopic (exact) mass is 536 g/mol. The van der Waals surface area contributed by atoms with Gasteiger partial charge in [-0.25, -0.2) is 0 Å². The van der Waals surface area contributed by atoms with Crippen molar-refractivity contribution in [2.24, 2.45) is 23.7 Å². The van der Waals surface area contributed by atoms with E-state index >= 15 is 0 Å². The predicted octanol–water partition coefficient (Wildman–Crippen LogP) is 3.05. The Hall–Kier alpha value is -1.35. The molecule has 2 saturated carbocycles. The van der Waals surface area contributed by atoms with Gasteiger partial charge in [0, 0.05) is 4.47 Å². The summed E-state index contributed by atoms with van der Waals surface area (Å²) in [4.78, 5) is 50.5. The summed E-state index contributed by atoms with van der Waals surface area (Å²) in [6.07, 6.45) is 0.645. The Morgan fingerprint density at radius 2 is 1.73 bits per heavy atom. The Morgan fingerprint density at radius 3 is 2.30 bits per heavy atom. The van der Waals surface area contributed by atoms with Crippen molar-refractivity contribution in [3.8, 4) is 0 Å². The Morgan fingerprint density at radius 1 is 1.13 bits per heavy atom. The van der Waals surface area contributed by atoms with Gasteiger partial charge in [-0.3, -0.25) is 24.1 Å². The lowest BCUT2D eigenvalue weighted by molar-refractivity contribution is -0.154. The van der Waals surface area contributed by atoms with Gasteiger partial charge in [0.1, 0.15) is 6.54 Å². The summed E-state index contributed by atoms with van der Waals surface area (Å²) in [7, 11) is 0. The molecule has 0 unspecified atom stereocenters. The van der Waals surface area contributed by atoms with E-state index in [0.29, 0.717) is 17.1 Å². The number of hydrogen-bond donors (Lipinski definition) is 1. The highest BCUT2D eigenvalue weighted by Crippen LogP contribution is 2.59. The van der Waals surface area contributed by atoms with E-state index in [-0.39, 0.29) is 22.6 Å². The molecule has 4 rings (SSSR count). The summed E-state index contributed by atoms with van der Waals surface area (Å²) in [5, 5.41) is 2.10. The van der Waals surface area contributed by atoms with Crippen LogP contribution in [0.5, 0.6) is 0 Å². The number of rotatable bonds is 5. The van der Waals surface area contributed by atoms with Crippen LogP contribution in [0, 0.1) is 23.7 Å². The molecule has 1 aromatic rings. The minimum atomic E-state index is -0.856. The number of likely N-dealkylation sites (tertiary alicyclic amines) is 1. The van der Waals surface area contributed by atoms with Crippen molar-refractivity contribution in [2.75, 3.05) is 18.5 Å². The van der Waals surface area contributed by atoms with Crippen molar-refractivity contribution < 1.29 is 23.9 Å². The molecule has 0 radical (unpaired) electrons. The zero-order chi connectivity index (χ0) is 21.7. The number of imide groups is 1. The number of halogens is 4. The lowest BCUT2D eigenvalue weighted by Crippen LogP contribution is -2.38. The highest BCUT2D eigenvalue weighted by atomic mass is 79.9. The molecule has 2 bridgehead atoms. The largest absolute Gasteiger partial charge is 0.454 e. The van der Waals surface area contributed by atoms with Crippen LogP contribution in [0.4, 0.5) is 5.69 Å². The molecule has 11 heteroatoms. The minimum Gasteiger partial charge on any atom is -0.454 e. The number of carbonyl (C=O) groups excluding carboxylic acids is 4. The van der Waals surface area contributed by atoms with Gasteiger partial charge < -0.3 is 10.1 Å². The standard InChI is InChI=1S/C19H16BrCl3N2O5/c20-7-1-2-11(10(21)3-7)24-12(26)6-30-13(27)5-25-18(28)14-8-4-9(15(14)19(25)29)17(23)16(8)22/h1-3,8-9,14-17H,4-6H2,(H,24,26)/t8-,9-,14-,15+,16-,17+/m1/s1. The van der Waals surface area contributed by atoms with Crippen LogP contribution in [0.1, 0.15) is 6.42 Å². The SMILES string of the molecule is O=C(COC(=O)CN1C(=O)[C@@H]2[C@H]3C[C@@H]([C@H](Cl)[C@@H]3Cl)[C@@H]2C1=O)Nc1ccc(Br)cc1Cl. The number of alkyl halides is 2. The van der Waals surface area contributed by atoms with E-state index in [0.717, 1.165) is 9.37 Å². The lowest BCUT2D eigenvalue weighted by Gasteiger charge is -2.28. The molecule has 160 valence electrons. The number of amides is 3. The van der Waals surface area contributed by atoms with Crippen LogP contribution in [0.15, 0.2) is 22.7 Å². The summed E-state index contributed by atoms with van der Waals surface area (Å²) in [5.41, 5.74) is 0.361. The van der Waals surface area contributed by atoms with Crippen molar-refractivity contribution in [3.05, 3.63) is 27.7 Å². The van der Waals surface area contributed by atoms with Crippen molar-refractivity contribution >= 4 is 80.1 Å². The van der Waals surface area contributed by atoms with Gasteiger partial charge in [-0.1, -0.05) is 27.5 Å². The Labute approximate surface area is 195 Å². The Kier molecular flexibility index (Phi) is 6.05. The second-order valence-corrected chi connectivity index (χ2v) is 9.93. The van der Waals surface area contributed by atoms with Crippen molar-refractivity contribution in [2.45, 2.75) is 17.2 Å². The molecule has 30 heavy (non-hydrogen) atoms. The first-order valence-electron chi connectivity index (χ1n) is 9.23. The van der Waals surface area contributed by atoms with Gasteiger partial charge in [0.15, 0.2) is 6.61 Å². The summed E-state index contributed by atoms with van der Waals surface area (Å²) in [6.45, 7) is -1.12. The molecular formula is C19H16BrCl3N2O5. The number of carbonyl (C=O) groups is 4. The molecule has 7 nitrogen and oxygen atoms in total. The van der Waals surface area contributed by atoms with E-state index in [1.54, 1.807) is 18.2 Å². The molecule has 1 saturated heterocycles. The molecule has 1 aromatic carbocycles. The van der Waals surface area contributed by atoms with Crippen LogP contribution in [-0.4, -0.2) is 52.5 Å². The fourth-order valence-corrected chi connectivity index (χ4v) is 6.28. The summed E-state index contributed by atoms with van der Waals surface area (Å²) < 4.78 is 5.68. The maximum atomic E-state index is 12.7. The van der Waals surface area contributed by atoms with Gasteiger partial charge in [0.25, 0.3) is 5.91 Å². The van der Waals surface area contributed by atoms with Gasteiger partial charge in [0.2, 0.25) is 11.8 Å². The number of benzene rings is 1. The maximum Gasteiger partial charge on any atom is 0.326 e. The van der Waals surface area contributed by atoms with Gasteiger partial charge in [0.05, 0.1) is 33.3 Å². The first-order chi connectivity index (χ1) is 14.2. The maximum absolute atomic E-state index is 12.7. The van der Waals surface area contributed by atoms with Gasteiger partial charge >= 0.3 is 5.97 Å². The molecule has 3 amide bonds. The van der Waals surface area contributed by atoms with E-state index in [2.05, 4.69) is 21.2 Å². The summed E-state index contributed by atoms with van der Waals surface area (Å²) in [6, 6.07) is 4.89. The molecule has 3 fully saturated rings. The minimum absolute atomic E-state index is 0.164. The third kappa shape index (κ3) is 3.72. The number of nitrogens with one attached hydrogen (secondary N) is 1. The topological polar surface area (TPSA) is 92.8 Å². The zero-order valence-electron chi connectivity index (χ0n) is 15.3. The molecule has 0 aromatic heterocycles. The van der Waals surface area contributed by atoms with Crippen LogP contribution in [-0.2, 0) is 23.9 Å². The normalized spacial score (nSPS) is 31.8. The summed E-state index contributed by atoms with van der Waals surface area (Å²) >= 11 is 21.9. The average molecular weight is 539 g/mol. The van der Waals surface area contributed by atoms with Crippen LogP contribution < -0.4 is 5.32 Å². The first-order valence-corrected chi connectivity index (χ1v) is 11.3. The first kappa shape index (κ1) is 21.9. The fraction of sp³-hybridized carbons (Fsp3) is 0.474. The molecule has 1 aliphatic heterocycles. The third-order valence-corrected chi connectivity index (χ3v) is 8.06. The van der Waals surface area contributed by atoms with Crippen molar-refractivity contribution in [1.82, 2.24) is 4.90 Å². The zero-order valence-corrected chi connectivity index (χ0v) is 19.2. The van der Waals surface area contributed by atoms with Gasteiger partial charge in [-0.15, -0.1) is 23.2 Å². The Balaban J connectivity index is 1.32. The molecule has 6 atom stereocenters. The van der Waals surface area contributed by atoms with Crippen LogP contribution in [0.3, 0.4) is 0 Å². The van der Waals surface area contributed by atoms with Crippen LogP contribution in [0.2, 0.25) is 5.02 Å². The summed E-state index contributed by atoms with van der Waals surface area (Å²) in [5.74, 6) is -3.69. The molecular weight excluding hydrogens is 522 g/mol. The third-order valence-electron chi connectivity index (χ3n) is 5.94. The van der Waals surface area contributed by atoms with Crippen molar-refractivity contribution in [1.29, 1.82) is 0 Å². The highest BCUT2D eigenvalue weighted by Gasteiger charge is 2.66. The smallest absolute Gasteiger partial charge is 0.326 e. The average Bonchev–Trinajstić information content (AvgIpc) is 3.29. The van der Waals surface area contributed by atoms with Crippen LogP contribution >= 0.6 is 50.7 Å². The van der Waals surface area contributed by atoms with E-state index < -0.39 is 48.7 Å². The van der Waals surface area contributed by atoms with E-state index in [9.17, 15) is 19.2 Å². The quantitative estimate of drug-likeness (QED) is 0.354. The van der Waals surface area contributed by atoms with Crippen LogP contribution in [0.25, 0.3) is 0 Å². The molecule has 1 heterocycles. The van der Waals surface area contributed by atoms with Crippen molar-refractivity contribution in [3.63, 3.8) is 0 Å². The van der Waals surface area contributed by atoms with E-state index in [1.165, 1.54) is 0 Å². The number of esters is 1. The highest BCUT2D eigenvalue weighted by molar-refractivity contribution is 9.10. The number of fused-ring (bicyclic) bond motifs is 5. The lowest BCUT2D eigenvalue weighted by atomic mass is 9.80. The fourth-order valence-electron chi connectivity index (χ4n) is 4.66. The van der Waals surface area contributed by atoms with Gasteiger partial charge in [-0.2, -0.15) is 0 Å². The molecule has 2 aliphatic carbocycles. The Bertz CT molecular complexity index is 913. The van der Waals surface area contributed by atoms with E-state index in [1.807, 2.05) is 0 Å². The van der Waals surface area contributed by atoms with Gasteiger partial charge in [-0.05, 0) is 36.5 Å². The second kappa shape index (κ2) is 8.30. The second-order valence-electron chi connectivity index (χ2n) is 7.60.